The van der Waals surface area contributed by atoms with Gasteiger partial charge < -0.3 is 24.1 Å². The topological polar surface area (TPSA) is 90.7 Å². The van der Waals surface area contributed by atoms with Crippen molar-refractivity contribution in [2.75, 3.05) is 34.4 Å². The summed E-state index contributed by atoms with van der Waals surface area (Å²) >= 11 is 0. The van der Waals surface area contributed by atoms with Crippen LogP contribution in [0.5, 0.6) is 17.2 Å². The van der Waals surface area contributed by atoms with Gasteiger partial charge >= 0.3 is 0 Å². The number of fused-ring (bicyclic) bond motifs is 1. The molecule has 2 heterocycles. The number of ether oxygens (including phenoxy) is 3. The normalized spacial score (nSPS) is 15.2. The molecule has 0 aliphatic carbocycles. The van der Waals surface area contributed by atoms with Crippen LogP contribution in [0, 0.1) is 5.92 Å². The number of methoxy groups -OCH3 is 3. The van der Waals surface area contributed by atoms with Crippen molar-refractivity contribution >= 4 is 5.91 Å². The van der Waals surface area contributed by atoms with E-state index in [1.165, 1.54) is 0 Å². The Hall–Kier alpha value is -2.81. The molecule has 9 nitrogen and oxygen atoms in total. The molecule has 170 valence electrons. The lowest BCUT2D eigenvalue weighted by molar-refractivity contribution is -0.124. The summed E-state index contributed by atoms with van der Waals surface area (Å²) in [6.45, 7) is 8.81. The van der Waals surface area contributed by atoms with Crippen molar-refractivity contribution in [2.45, 2.75) is 46.3 Å². The number of nitrogens with one attached hydrogen (secondary N) is 1. The zero-order valence-corrected chi connectivity index (χ0v) is 19.3. The second-order valence-electron chi connectivity index (χ2n) is 8.05. The number of rotatable bonds is 8. The predicted octanol–water partition coefficient (Wildman–Crippen LogP) is 2.20. The van der Waals surface area contributed by atoms with Gasteiger partial charge in [-0.2, -0.15) is 0 Å². The monoisotopic (exact) mass is 431 g/mol. The highest BCUT2D eigenvalue weighted by molar-refractivity contribution is 5.78. The number of benzene rings is 1. The lowest BCUT2D eigenvalue weighted by atomic mass is 10.1. The second-order valence-corrected chi connectivity index (χ2v) is 8.05. The van der Waals surface area contributed by atoms with Crippen LogP contribution in [0.1, 0.15) is 44.0 Å². The summed E-state index contributed by atoms with van der Waals surface area (Å²) in [5, 5.41) is 11.8. The van der Waals surface area contributed by atoms with Crippen molar-refractivity contribution in [1.29, 1.82) is 0 Å². The van der Waals surface area contributed by atoms with E-state index in [1.807, 2.05) is 32.9 Å². The molecule has 1 amide bonds. The van der Waals surface area contributed by atoms with Crippen molar-refractivity contribution in [2.24, 2.45) is 5.92 Å². The Balaban J connectivity index is 1.75. The molecule has 1 unspecified atom stereocenters. The largest absolute Gasteiger partial charge is 0.496 e. The van der Waals surface area contributed by atoms with Crippen molar-refractivity contribution in [3.8, 4) is 17.2 Å². The van der Waals surface area contributed by atoms with Crippen LogP contribution < -0.4 is 19.5 Å². The number of amides is 1. The van der Waals surface area contributed by atoms with Crippen molar-refractivity contribution in [3.05, 3.63) is 29.3 Å². The summed E-state index contributed by atoms with van der Waals surface area (Å²) < 4.78 is 18.7. The van der Waals surface area contributed by atoms with Crippen LogP contribution in [0.2, 0.25) is 0 Å². The van der Waals surface area contributed by atoms with Gasteiger partial charge in [-0.25, -0.2) is 0 Å². The Morgan fingerprint density at radius 1 is 1.03 bits per heavy atom. The van der Waals surface area contributed by atoms with E-state index in [1.54, 1.807) is 21.3 Å². The zero-order chi connectivity index (χ0) is 22.5. The highest BCUT2D eigenvalue weighted by atomic mass is 16.5. The van der Waals surface area contributed by atoms with Gasteiger partial charge in [0.15, 0.2) is 5.82 Å². The number of carbonyl (C=O) groups excluding carboxylic acids is 1. The zero-order valence-electron chi connectivity index (χ0n) is 19.3. The fraction of sp³-hybridized carbons (Fsp3) is 0.591. The molecule has 1 atom stereocenters. The summed E-state index contributed by atoms with van der Waals surface area (Å²) in [5.41, 5.74) is 0.987. The molecule has 0 fully saturated rings. The SMILES string of the molecule is COc1cc(OC)c(CN2CCc3nnc(C(C)NC(=O)C(C)C)n3CC2)c(OC)c1. The third kappa shape index (κ3) is 5.10. The molecule has 1 aromatic carbocycles. The first-order valence-corrected chi connectivity index (χ1v) is 10.6. The van der Waals surface area contributed by atoms with E-state index in [9.17, 15) is 4.79 Å². The van der Waals surface area contributed by atoms with E-state index < -0.39 is 0 Å². The maximum Gasteiger partial charge on any atom is 0.223 e. The maximum absolute atomic E-state index is 12.1. The number of hydrogen-bond donors (Lipinski definition) is 1. The molecular formula is C22H33N5O4. The molecule has 3 rings (SSSR count). The smallest absolute Gasteiger partial charge is 0.223 e. The van der Waals surface area contributed by atoms with Crippen LogP contribution >= 0.6 is 0 Å². The molecule has 1 N–H and O–H groups in total. The number of aromatic nitrogens is 3. The highest BCUT2D eigenvalue weighted by Crippen LogP contribution is 2.35. The first kappa shape index (κ1) is 22.9. The van der Waals surface area contributed by atoms with Gasteiger partial charge in [-0.1, -0.05) is 13.8 Å². The Kier molecular flexibility index (Phi) is 7.37. The Bertz CT molecular complexity index is 886. The Labute approximate surface area is 183 Å². The van der Waals surface area contributed by atoms with Crippen molar-refractivity contribution < 1.29 is 19.0 Å². The van der Waals surface area contributed by atoms with Gasteiger partial charge in [0.2, 0.25) is 5.91 Å². The summed E-state index contributed by atoms with van der Waals surface area (Å²) in [4.78, 5) is 14.4. The van der Waals surface area contributed by atoms with E-state index in [2.05, 4.69) is 25.0 Å². The molecule has 0 bridgehead atoms. The van der Waals surface area contributed by atoms with Gasteiger partial charge in [-0.3, -0.25) is 9.69 Å². The quantitative estimate of drug-likeness (QED) is 0.685. The molecule has 31 heavy (non-hydrogen) atoms. The molecule has 0 saturated heterocycles. The minimum absolute atomic E-state index is 0.0128. The average Bonchev–Trinajstić information content (AvgIpc) is 3.07. The molecule has 0 radical (unpaired) electrons. The fourth-order valence-corrected chi connectivity index (χ4v) is 3.77. The standard InChI is InChI=1S/C22H33N5O4/c1-14(2)22(28)23-15(3)21-25-24-20-7-8-26(9-10-27(20)21)13-17-18(30-5)11-16(29-4)12-19(17)31-6/h11-12,14-15H,7-10,13H2,1-6H3,(H,23,28). The van der Waals surface area contributed by atoms with Gasteiger partial charge in [0.1, 0.15) is 23.1 Å². The van der Waals surface area contributed by atoms with Crippen LogP contribution in [0.25, 0.3) is 0 Å². The van der Waals surface area contributed by atoms with Gasteiger partial charge in [0.25, 0.3) is 0 Å². The van der Waals surface area contributed by atoms with Gasteiger partial charge in [-0.05, 0) is 6.92 Å². The van der Waals surface area contributed by atoms with Gasteiger partial charge in [0, 0.05) is 50.7 Å². The van der Waals surface area contributed by atoms with Crippen molar-refractivity contribution in [3.63, 3.8) is 0 Å². The van der Waals surface area contributed by atoms with E-state index in [0.717, 1.165) is 54.8 Å². The van der Waals surface area contributed by atoms with Crippen LogP contribution in [-0.2, 0) is 24.3 Å². The highest BCUT2D eigenvalue weighted by Gasteiger charge is 2.24. The Morgan fingerprint density at radius 3 is 2.29 bits per heavy atom. The molecule has 1 aromatic heterocycles. The first-order chi connectivity index (χ1) is 14.9. The van der Waals surface area contributed by atoms with E-state index in [-0.39, 0.29) is 17.9 Å². The van der Waals surface area contributed by atoms with Crippen LogP contribution in [0.15, 0.2) is 12.1 Å². The molecule has 0 spiro atoms. The Morgan fingerprint density at radius 2 is 1.71 bits per heavy atom. The van der Waals surface area contributed by atoms with E-state index in [4.69, 9.17) is 14.2 Å². The average molecular weight is 432 g/mol. The van der Waals surface area contributed by atoms with E-state index in [0.29, 0.717) is 12.3 Å². The van der Waals surface area contributed by atoms with Crippen LogP contribution in [0.3, 0.4) is 0 Å². The van der Waals surface area contributed by atoms with Gasteiger partial charge in [-0.15, -0.1) is 10.2 Å². The third-order valence-electron chi connectivity index (χ3n) is 5.62. The predicted molar refractivity (Wildman–Crippen MR) is 116 cm³/mol. The van der Waals surface area contributed by atoms with Crippen molar-refractivity contribution in [1.82, 2.24) is 25.0 Å². The lowest BCUT2D eigenvalue weighted by Crippen LogP contribution is -2.32. The summed E-state index contributed by atoms with van der Waals surface area (Å²) in [6.07, 6.45) is 0.776. The number of carbonyl (C=O) groups is 1. The molecule has 1 aliphatic heterocycles. The van der Waals surface area contributed by atoms with Crippen LogP contribution in [0.4, 0.5) is 0 Å². The molecule has 2 aromatic rings. The first-order valence-electron chi connectivity index (χ1n) is 10.6. The molecular weight excluding hydrogens is 398 g/mol. The summed E-state index contributed by atoms with van der Waals surface area (Å²) in [7, 11) is 4.93. The minimum atomic E-state index is -0.190. The third-order valence-corrected chi connectivity index (χ3v) is 5.62. The minimum Gasteiger partial charge on any atom is -0.496 e. The molecule has 1 aliphatic rings. The van der Waals surface area contributed by atoms with Gasteiger partial charge in [0.05, 0.1) is 32.9 Å². The van der Waals surface area contributed by atoms with E-state index >= 15 is 0 Å². The second kappa shape index (κ2) is 10.00. The molecule has 9 heteroatoms. The maximum atomic E-state index is 12.1. The summed E-state index contributed by atoms with van der Waals surface area (Å²) in [5.74, 6) is 3.86. The number of hydrogen-bond acceptors (Lipinski definition) is 7. The molecule has 0 saturated carbocycles. The lowest BCUT2D eigenvalue weighted by Gasteiger charge is -2.23. The number of nitrogens with zero attached hydrogens (tertiary/aromatic N) is 4. The van der Waals surface area contributed by atoms with Crippen LogP contribution in [-0.4, -0.2) is 60.0 Å². The fourth-order valence-electron chi connectivity index (χ4n) is 3.77. The summed E-state index contributed by atoms with van der Waals surface area (Å²) in [6, 6.07) is 3.56.